The van der Waals surface area contributed by atoms with Gasteiger partial charge in [0.2, 0.25) is 0 Å². The topological polar surface area (TPSA) is 60.2 Å². The highest BCUT2D eigenvalue weighted by molar-refractivity contribution is 5.83. The number of nitrogens with two attached hydrogens (primary N) is 1. The summed E-state index contributed by atoms with van der Waals surface area (Å²) in [5, 5.41) is 4.53. The molecule has 19 heavy (non-hydrogen) atoms. The van der Waals surface area contributed by atoms with Gasteiger partial charge in [0, 0.05) is 23.7 Å². The maximum atomic E-state index is 5.76. The zero-order chi connectivity index (χ0) is 13.2. The minimum Gasteiger partial charge on any atom is -0.399 e. The molecule has 2 aromatic rings. The fourth-order valence-electron chi connectivity index (χ4n) is 2.49. The predicted molar refractivity (Wildman–Crippen MR) is 78.2 cm³/mol. The van der Waals surface area contributed by atoms with Gasteiger partial charge in [0.25, 0.3) is 0 Å². The van der Waals surface area contributed by atoms with Crippen LogP contribution < -0.4 is 11.1 Å². The molecule has 1 aliphatic rings. The Kier molecular flexibility index (Phi) is 3.25. The maximum Gasteiger partial charge on any atom is 0.126 e. The van der Waals surface area contributed by atoms with Crippen molar-refractivity contribution in [1.29, 1.82) is 0 Å². The van der Waals surface area contributed by atoms with E-state index in [1.807, 2.05) is 31.2 Å². The Bertz CT molecular complexity index is 579. The first-order valence-corrected chi connectivity index (χ1v) is 6.79. The molecule has 0 aliphatic heterocycles. The summed E-state index contributed by atoms with van der Waals surface area (Å²) in [5.41, 5.74) is 7.50. The fourth-order valence-corrected chi connectivity index (χ4v) is 2.49. The van der Waals surface area contributed by atoms with Gasteiger partial charge in [0.05, 0.1) is 11.6 Å². The molecule has 100 valence electrons. The first kappa shape index (κ1) is 12.2. The number of ether oxygens (including phenoxy) is 1. The number of nitrogens with zero attached hydrogens (tertiary/aromatic N) is 1. The average molecular weight is 257 g/mol. The van der Waals surface area contributed by atoms with Gasteiger partial charge in [-0.3, -0.25) is 0 Å². The molecule has 1 fully saturated rings. The second-order valence-electron chi connectivity index (χ2n) is 5.04. The third-order valence-corrected chi connectivity index (χ3v) is 3.56. The summed E-state index contributed by atoms with van der Waals surface area (Å²) in [6.45, 7) is 2.84. The van der Waals surface area contributed by atoms with Gasteiger partial charge in [0.15, 0.2) is 0 Å². The Morgan fingerprint density at radius 2 is 2.16 bits per heavy atom. The third kappa shape index (κ3) is 2.63. The van der Waals surface area contributed by atoms with Crippen LogP contribution in [-0.2, 0) is 4.74 Å². The number of benzene rings is 1. The summed E-state index contributed by atoms with van der Waals surface area (Å²) < 4.78 is 5.55. The molecule has 4 nitrogen and oxygen atoms in total. The lowest BCUT2D eigenvalue weighted by molar-refractivity contribution is 0.00293. The third-order valence-electron chi connectivity index (χ3n) is 3.56. The standard InChI is InChI=1S/C15H19N3O/c1-2-19-13-8-12(9-13)17-15-6-3-10-7-11(16)4-5-14(10)18-15/h3-7,12-13H,2,8-9,16H2,1H3,(H,17,18). The van der Waals surface area contributed by atoms with Gasteiger partial charge in [-0.2, -0.15) is 0 Å². The molecule has 0 radical (unpaired) electrons. The average Bonchev–Trinajstić information content (AvgIpc) is 2.36. The van der Waals surface area contributed by atoms with Crippen LogP contribution in [-0.4, -0.2) is 23.7 Å². The summed E-state index contributed by atoms with van der Waals surface area (Å²) in [7, 11) is 0. The molecule has 0 bridgehead atoms. The molecule has 3 N–H and O–H groups in total. The highest BCUT2D eigenvalue weighted by Gasteiger charge is 2.29. The zero-order valence-electron chi connectivity index (χ0n) is 11.1. The van der Waals surface area contributed by atoms with Gasteiger partial charge in [-0.15, -0.1) is 0 Å². The molecular weight excluding hydrogens is 238 g/mol. The van der Waals surface area contributed by atoms with E-state index >= 15 is 0 Å². The van der Waals surface area contributed by atoms with Crippen molar-refractivity contribution in [2.75, 3.05) is 17.7 Å². The lowest BCUT2D eigenvalue weighted by Gasteiger charge is -2.35. The van der Waals surface area contributed by atoms with Crippen LogP contribution in [0, 0.1) is 0 Å². The van der Waals surface area contributed by atoms with Crippen LogP contribution in [0.15, 0.2) is 30.3 Å². The normalized spacial score (nSPS) is 22.2. The number of pyridine rings is 1. The van der Waals surface area contributed by atoms with Crippen molar-refractivity contribution in [1.82, 2.24) is 4.98 Å². The molecule has 3 rings (SSSR count). The first-order chi connectivity index (χ1) is 9.24. The second-order valence-corrected chi connectivity index (χ2v) is 5.04. The van der Waals surface area contributed by atoms with E-state index in [9.17, 15) is 0 Å². The Morgan fingerprint density at radius 1 is 1.32 bits per heavy atom. The van der Waals surface area contributed by atoms with Gasteiger partial charge in [-0.1, -0.05) is 0 Å². The summed E-state index contributed by atoms with van der Waals surface area (Å²) in [6.07, 6.45) is 2.55. The smallest absolute Gasteiger partial charge is 0.126 e. The van der Waals surface area contributed by atoms with E-state index in [0.29, 0.717) is 12.1 Å². The van der Waals surface area contributed by atoms with Crippen LogP contribution in [0.5, 0.6) is 0 Å². The van der Waals surface area contributed by atoms with Crippen molar-refractivity contribution >= 4 is 22.4 Å². The van der Waals surface area contributed by atoms with Crippen LogP contribution in [0.4, 0.5) is 11.5 Å². The highest BCUT2D eigenvalue weighted by Crippen LogP contribution is 2.27. The van der Waals surface area contributed by atoms with Crippen molar-refractivity contribution < 1.29 is 4.74 Å². The molecule has 0 atom stereocenters. The maximum absolute atomic E-state index is 5.76. The molecule has 4 heteroatoms. The van der Waals surface area contributed by atoms with E-state index < -0.39 is 0 Å². The molecule has 1 aromatic heterocycles. The van der Waals surface area contributed by atoms with E-state index in [0.717, 1.165) is 41.9 Å². The Morgan fingerprint density at radius 3 is 2.95 bits per heavy atom. The van der Waals surface area contributed by atoms with E-state index in [-0.39, 0.29) is 0 Å². The molecule has 0 spiro atoms. The fraction of sp³-hybridized carbons (Fsp3) is 0.400. The number of anilines is 2. The van der Waals surface area contributed by atoms with Crippen LogP contribution in [0.3, 0.4) is 0 Å². The molecule has 1 aliphatic carbocycles. The number of hydrogen-bond donors (Lipinski definition) is 2. The summed E-state index contributed by atoms with van der Waals surface area (Å²) in [6, 6.07) is 10.3. The highest BCUT2D eigenvalue weighted by atomic mass is 16.5. The van der Waals surface area contributed by atoms with E-state index in [4.69, 9.17) is 10.5 Å². The molecular formula is C15H19N3O. The quantitative estimate of drug-likeness (QED) is 0.827. The molecule has 1 saturated carbocycles. The van der Waals surface area contributed by atoms with Gasteiger partial charge >= 0.3 is 0 Å². The SMILES string of the molecule is CCOC1CC(Nc2ccc3cc(N)ccc3n2)C1. The minimum absolute atomic E-state index is 0.419. The monoisotopic (exact) mass is 257 g/mol. The molecule has 0 saturated heterocycles. The molecule has 0 amide bonds. The second kappa shape index (κ2) is 5.05. The van der Waals surface area contributed by atoms with Crippen LogP contribution in [0.25, 0.3) is 10.9 Å². The number of aromatic nitrogens is 1. The Hall–Kier alpha value is -1.81. The van der Waals surface area contributed by atoms with Crippen molar-refractivity contribution in [3.63, 3.8) is 0 Å². The number of fused-ring (bicyclic) bond motifs is 1. The van der Waals surface area contributed by atoms with E-state index in [1.165, 1.54) is 0 Å². The van der Waals surface area contributed by atoms with Crippen LogP contribution >= 0.6 is 0 Å². The Labute approximate surface area is 113 Å². The van der Waals surface area contributed by atoms with Crippen molar-refractivity contribution in [2.45, 2.75) is 31.9 Å². The van der Waals surface area contributed by atoms with Crippen molar-refractivity contribution in [3.8, 4) is 0 Å². The predicted octanol–water partition coefficient (Wildman–Crippen LogP) is 2.80. The molecule has 1 aromatic carbocycles. The van der Waals surface area contributed by atoms with Gasteiger partial charge in [-0.05, 0) is 50.1 Å². The van der Waals surface area contributed by atoms with Crippen molar-refractivity contribution in [2.24, 2.45) is 0 Å². The van der Waals surface area contributed by atoms with Crippen molar-refractivity contribution in [3.05, 3.63) is 30.3 Å². The number of hydrogen-bond acceptors (Lipinski definition) is 4. The minimum atomic E-state index is 0.419. The van der Waals surface area contributed by atoms with Crippen LogP contribution in [0.2, 0.25) is 0 Å². The number of nitrogens with one attached hydrogen (secondary N) is 1. The molecule has 1 heterocycles. The largest absolute Gasteiger partial charge is 0.399 e. The lowest BCUT2D eigenvalue weighted by Crippen LogP contribution is -2.40. The van der Waals surface area contributed by atoms with E-state index in [1.54, 1.807) is 0 Å². The lowest BCUT2D eigenvalue weighted by atomic mass is 9.89. The first-order valence-electron chi connectivity index (χ1n) is 6.79. The summed E-state index contributed by atoms with van der Waals surface area (Å²) in [4.78, 5) is 4.60. The zero-order valence-corrected chi connectivity index (χ0v) is 11.1. The molecule has 0 unspecified atom stereocenters. The summed E-state index contributed by atoms with van der Waals surface area (Å²) >= 11 is 0. The van der Waals surface area contributed by atoms with Crippen LogP contribution in [0.1, 0.15) is 19.8 Å². The van der Waals surface area contributed by atoms with E-state index in [2.05, 4.69) is 16.4 Å². The number of nitrogen functional groups attached to an aromatic ring is 1. The summed E-state index contributed by atoms with van der Waals surface area (Å²) in [5.74, 6) is 0.928. The van der Waals surface area contributed by atoms with Gasteiger partial charge < -0.3 is 15.8 Å². The Balaban J connectivity index is 1.67. The number of rotatable bonds is 4. The van der Waals surface area contributed by atoms with Gasteiger partial charge in [-0.25, -0.2) is 4.98 Å². The van der Waals surface area contributed by atoms with Gasteiger partial charge in [0.1, 0.15) is 5.82 Å².